The van der Waals surface area contributed by atoms with E-state index in [4.69, 9.17) is 28.9 Å². The molecule has 0 spiro atoms. The summed E-state index contributed by atoms with van der Waals surface area (Å²) in [6, 6.07) is 9.81. The summed E-state index contributed by atoms with van der Waals surface area (Å²) in [4.78, 5) is 27.0. The van der Waals surface area contributed by atoms with Crippen molar-refractivity contribution in [2.75, 3.05) is 17.2 Å². The predicted molar refractivity (Wildman–Crippen MR) is 97.2 cm³/mol. The van der Waals surface area contributed by atoms with Gasteiger partial charge in [-0.2, -0.15) is 0 Å². The van der Waals surface area contributed by atoms with Crippen LogP contribution in [0.1, 0.15) is 40.0 Å². The van der Waals surface area contributed by atoms with Crippen molar-refractivity contribution in [3.8, 4) is 0 Å². The maximum atomic E-state index is 13.0. The van der Waals surface area contributed by atoms with Crippen LogP contribution in [0.4, 0.5) is 11.4 Å². The number of anilines is 2. The number of nitrogens with zero attached hydrogens (tertiary/aromatic N) is 1. The Balaban J connectivity index is 2.08. The van der Waals surface area contributed by atoms with Gasteiger partial charge in [0.05, 0.1) is 16.3 Å². The molecule has 4 nitrogen and oxygen atoms in total. The first kappa shape index (κ1) is 16.8. The van der Waals surface area contributed by atoms with Crippen LogP contribution >= 0.6 is 23.2 Å². The molecule has 0 radical (unpaired) electrons. The quantitative estimate of drug-likeness (QED) is 0.754. The molecule has 1 aliphatic rings. The summed E-state index contributed by atoms with van der Waals surface area (Å²) in [6.07, 6.45) is 1.92. The van der Waals surface area contributed by atoms with Gasteiger partial charge < -0.3 is 10.6 Å². The minimum atomic E-state index is -0.252. The molecule has 6 heteroatoms. The van der Waals surface area contributed by atoms with Gasteiger partial charge in [0.1, 0.15) is 0 Å². The Morgan fingerprint density at radius 3 is 2.62 bits per heavy atom. The lowest BCUT2D eigenvalue weighted by atomic mass is 9.99. The Bertz CT molecular complexity index is 821. The number of benzene rings is 2. The van der Waals surface area contributed by atoms with E-state index >= 15 is 0 Å². The van der Waals surface area contributed by atoms with Crippen LogP contribution in [-0.2, 0) is 0 Å². The minimum Gasteiger partial charge on any atom is -0.399 e. The van der Waals surface area contributed by atoms with Gasteiger partial charge in [-0.15, -0.1) is 0 Å². The van der Waals surface area contributed by atoms with Crippen LogP contribution in [0.25, 0.3) is 0 Å². The molecule has 2 aromatic carbocycles. The SMILES string of the molecule is Nc1ccc(C(=O)N2CCCCC(=O)c3cc(Cl)ccc32)c(Cl)c1. The van der Waals surface area contributed by atoms with E-state index in [1.165, 1.54) is 0 Å². The lowest BCUT2D eigenvalue weighted by molar-refractivity contribution is 0.0972. The second kappa shape index (κ2) is 6.83. The molecule has 0 aliphatic carbocycles. The fourth-order valence-electron chi connectivity index (χ4n) is 2.84. The topological polar surface area (TPSA) is 63.4 Å². The monoisotopic (exact) mass is 362 g/mol. The first-order chi connectivity index (χ1) is 11.5. The van der Waals surface area contributed by atoms with Gasteiger partial charge in [-0.05, 0) is 49.2 Å². The van der Waals surface area contributed by atoms with Gasteiger partial charge in [0.25, 0.3) is 5.91 Å². The Labute approximate surface area is 150 Å². The molecule has 0 saturated heterocycles. The number of carbonyl (C=O) groups is 2. The highest BCUT2D eigenvalue weighted by molar-refractivity contribution is 6.35. The number of halogens is 2. The third-order valence-electron chi connectivity index (χ3n) is 4.05. The zero-order valence-electron chi connectivity index (χ0n) is 12.9. The van der Waals surface area contributed by atoms with Gasteiger partial charge in [0, 0.05) is 29.2 Å². The Hall–Kier alpha value is -2.04. The van der Waals surface area contributed by atoms with Gasteiger partial charge in [0.2, 0.25) is 0 Å². The number of Topliss-reactive ketones (excluding diaryl/α,β-unsaturated/α-hetero) is 1. The third-order valence-corrected chi connectivity index (χ3v) is 4.60. The van der Waals surface area contributed by atoms with E-state index in [0.29, 0.717) is 45.5 Å². The fraction of sp³-hybridized carbons (Fsp3) is 0.222. The van der Waals surface area contributed by atoms with E-state index < -0.39 is 0 Å². The molecular formula is C18H16Cl2N2O2. The van der Waals surface area contributed by atoms with Crippen LogP contribution < -0.4 is 10.6 Å². The van der Waals surface area contributed by atoms with E-state index in [2.05, 4.69) is 0 Å². The van der Waals surface area contributed by atoms with Crippen molar-refractivity contribution < 1.29 is 9.59 Å². The Morgan fingerprint density at radius 1 is 1.08 bits per heavy atom. The van der Waals surface area contributed by atoms with Gasteiger partial charge in [-0.3, -0.25) is 9.59 Å². The summed E-state index contributed by atoms with van der Waals surface area (Å²) in [5, 5.41) is 0.768. The van der Waals surface area contributed by atoms with Gasteiger partial charge >= 0.3 is 0 Å². The molecule has 0 unspecified atom stereocenters. The summed E-state index contributed by atoms with van der Waals surface area (Å²) in [5.41, 5.74) is 7.59. The van der Waals surface area contributed by atoms with E-state index in [-0.39, 0.29) is 11.7 Å². The molecule has 0 atom stereocenters. The molecule has 1 aliphatic heterocycles. The summed E-state index contributed by atoms with van der Waals surface area (Å²) in [6.45, 7) is 0.515. The molecule has 0 aromatic heterocycles. The van der Waals surface area contributed by atoms with Crippen molar-refractivity contribution in [1.82, 2.24) is 0 Å². The van der Waals surface area contributed by atoms with Crippen LogP contribution in [-0.4, -0.2) is 18.2 Å². The first-order valence-electron chi connectivity index (χ1n) is 7.67. The van der Waals surface area contributed by atoms with E-state index in [9.17, 15) is 9.59 Å². The number of nitrogen functional groups attached to an aromatic ring is 1. The van der Waals surface area contributed by atoms with E-state index in [1.54, 1.807) is 41.3 Å². The maximum absolute atomic E-state index is 13.0. The lowest BCUT2D eigenvalue weighted by Gasteiger charge is -2.27. The zero-order valence-corrected chi connectivity index (χ0v) is 14.4. The molecule has 0 fully saturated rings. The van der Waals surface area contributed by atoms with Gasteiger partial charge in [-0.25, -0.2) is 0 Å². The number of rotatable bonds is 1. The predicted octanol–water partition coefficient (Wildman–Crippen LogP) is 4.59. The van der Waals surface area contributed by atoms with Crippen LogP contribution in [0.15, 0.2) is 36.4 Å². The van der Waals surface area contributed by atoms with Crippen molar-refractivity contribution in [3.63, 3.8) is 0 Å². The van der Waals surface area contributed by atoms with Gasteiger partial charge in [-0.1, -0.05) is 23.2 Å². The number of carbonyl (C=O) groups excluding carboxylic acids is 2. The fourth-order valence-corrected chi connectivity index (χ4v) is 3.28. The third kappa shape index (κ3) is 3.25. The molecule has 124 valence electrons. The lowest BCUT2D eigenvalue weighted by Crippen LogP contribution is -2.34. The van der Waals surface area contributed by atoms with Crippen molar-refractivity contribution in [2.45, 2.75) is 19.3 Å². The Kier molecular flexibility index (Phi) is 4.78. The van der Waals surface area contributed by atoms with E-state index in [1.807, 2.05) is 0 Å². The number of fused-ring (bicyclic) bond motifs is 1. The molecule has 2 N–H and O–H groups in total. The smallest absolute Gasteiger partial charge is 0.259 e. The molecule has 0 saturated carbocycles. The Morgan fingerprint density at radius 2 is 1.88 bits per heavy atom. The first-order valence-corrected chi connectivity index (χ1v) is 8.42. The van der Waals surface area contributed by atoms with Crippen molar-refractivity contribution in [1.29, 1.82) is 0 Å². The molecule has 2 aromatic rings. The normalized spacial score (nSPS) is 14.8. The minimum absolute atomic E-state index is 0.00611. The number of hydrogen-bond acceptors (Lipinski definition) is 3. The van der Waals surface area contributed by atoms with Crippen LogP contribution in [0, 0.1) is 0 Å². The maximum Gasteiger partial charge on any atom is 0.259 e. The van der Waals surface area contributed by atoms with Crippen LogP contribution in [0.3, 0.4) is 0 Å². The number of nitrogens with two attached hydrogens (primary N) is 1. The van der Waals surface area contributed by atoms with Crippen LogP contribution in [0.5, 0.6) is 0 Å². The summed E-state index contributed by atoms with van der Waals surface area (Å²) >= 11 is 12.2. The second-order valence-corrected chi connectivity index (χ2v) is 6.58. The standard InChI is InChI=1S/C18H16Cl2N2O2/c19-11-4-7-16-14(9-11)17(23)3-1-2-8-22(16)18(24)13-6-5-12(21)10-15(13)20/h4-7,9-10H,1-3,8,21H2. The van der Waals surface area contributed by atoms with Crippen molar-refractivity contribution in [3.05, 3.63) is 57.6 Å². The number of hydrogen-bond donors (Lipinski definition) is 1. The molecule has 3 rings (SSSR count). The zero-order chi connectivity index (χ0) is 17.3. The molecular weight excluding hydrogens is 347 g/mol. The largest absolute Gasteiger partial charge is 0.399 e. The second-order valence-electron chi connectivity index (χ2n) is 5.74. The average molecular weight is 363 g/mol. The van der Waals surface area contributed by atoms with Crippen molar-refractivity contribution in [2.24, 2.45) is 0 Å². The van der Waals surface area contributed by atoms with E-state index in [0.717, 1.165) is 12.8 Å². The highest BCUT2D eigenvalue weighted by atomic mass is 35.5. The van der Waals surface area contributed by atoms with Crippen LogP contribution in [0.2, 0.25) is 10.0 Å². The van der Waals surface area contributed by atoms with Gasteiger partial charge in [0.15, 0.2) is 5.78 Å². The highest BCUT2D eigenvalue weighted by Crippen LogP contribution is 2.31. The highest BCUT2D eigenvalue weighted by Gasteiger charge is 2.26. The summed E-state index contributed by atoms with van der Waals surface area (Å²) < 4.78 is 0. The molecule has 1 amide bonds. The molecule has 0 bridgehead atoms. The molecule has 1 heterocycles. The molecule has 24 heavy (non-hydrogen) atoms. The number of ketones is 1. The summed E-state index contributed by atoms with van der Waals surface area (Å²) in [5.74, 6) is -0.258. The average Bonchev–Trinajstić information content (AvgIpc) is 2.53. The van der Waals surface area contributed by atoms with Crippen molar-refractivity contribution >= 4 is 46.3 Å². The number of amides is 1. The summed E-state index contributed by atoms with van der Waals surface area (Å²) in [7, 11) is 0.